The first kappa shape index (κ1) is 13.5. The zero-order chi connectivity index (χ0) is 11.8. The van der Waals surface area contributed by atoms with Crippen molar-refractivity contribution in [1.29, 1.82) is 0 Å². The highest BCUT2D eigenvalue weighted by atomic mass is 35.5. The van der Waals surface area contributed by atoms with Gasteiger partial charge in [0.2, 0.25) is 0 Å². The van der Waals surface area contributed by atoms with Crippen LogP contribution in [0.15, 0.2) is 24.3 Å². The summed E-state index contributed by atoms with van der Waals surface area (Å²) in [6.45, 7) is 6.35. The molecule has 0 heterocycles. The normalized spacial score (nSPS) is 11.0. The van der Waals surface area contributed by atoms with Crippen molar-refractivity contribution in [3.8, 4) is 0 Å². The number of nitrogens with one attached hydrogen (secondary N) is 1. The van der Waals surface area contributed by atoms with E-state index in [1.807, 2.05) is 25.2 Å². The van der Waals surface area contributed by atoms with Gasteiger partial charge in [0.15, 0.2) is 0 Å². The predicted molar refractivity (Wildman–Crippen MR) is 70.9 cm³/mol. The van der Waals surface area contributed by atoms with E-state index in [1.165, 1.54) is 12.0 Å². The van der Waals surface area contributed by atoms with Gasteiger partial charge in [-0.05, 0) is 31.6 Å². The summed E-state index contributed by atoms with van der Waals surface area (Å²) in [5, 5.41) is 4.05. The number of likely N-dealkylation sites (N-methyl/N-ethyl adjacent to an activating group) is 1. The molecule has 90 valence electrons. The molecule has 0 aromatic heterocycles. The minimum absolute atomic E-state index is 0.869. The van der Waals surface area contributed by atoms with E-state index in [-0.39, 0.29) is 0 Å². The molecule has 0 unspecified atom stereocenters. The average molecular weight is 241 g/mol. The molecule has 0 saturated carbocycles. The lowest BCUT2D eigenvalue weighted by Gasteiger charge is -2.22. The Bertz CT molecular complexity index is 302. The van der Waals surface area contributed by atoms with Crippen molar-refractivity contribution in [1.82, 2.24) is 10.2 Å². The van der Waals surface area contributed by atoms with Crippen LogP contribution in [-0.4, -0.2) is 31.6 Å². The molecule has 0 amide bonds. The second-order valence-corrected chi connectivity index (χ2v) is 4.38. The lowest BCUT2D eigenvalue weighted by atomic mass is 10.2. The van der Waals surface area contributed by atoms with Crippen molar-refractivity contribution in [2.75, 3.05) is 26.7 Å². The van der Waals surface area contributed by atoms with Gasteiger partial charge in [0.25, 0.3) is 0 Å². The van der Waals surface area contributed by atoms with Gasteiger partial charge in [-0.15, -0.1) is 0 Å². The van der Waals surface area contributed by atoms with Crippen molar-refractivity contribution >= 4 is 11.6 Å². The molecule has 0 spiro atoms. The number of hydrogen-bond acceptors (Lipinski definition) is 2. The fourth-order valence-electron chi connectivity index (χ4n) is 1.72. The molecular formula is C13H21ClN2. The van der Waals surface area contributed by atoms with Crippen LogP contribution in [0.2, 0.25) is 5.02 Å². The van der Waals surface area contributed by atoms with Crippen molar-refractivity contribution < 1.29 is 0 Å². The van der Waals surface area contributed by atoms with Gasteiger partial charge in [-0.2, -0.15) is 0 Å². The minimum Gasteiger partial charge on any atom is -0.318 e. The summed E-state index contributed by atoms with van der Waals surface area (Å²) in [4.78, 5) is 2.43. The molecule has 0 saturated heterocycles. The maximum absolute atomic E-state index is 6.16. The molecule has 3 heteroatoms. The molecule has 1 N–H and O–H groups in total. The fourth-order valence-corrected chi connectivity index (χ4v) is 1.92. The quantitative estimate of drug-likeness (QED) is 0.789. The first-order valence-corrected chi connectivity index (χ1v) is 6.26. The number of benzene rings is 1. The zero-order valence-corrected chi connectivity index (χ0v) is 10.9. The predicted octanol–water partition coefficient (Wildman–Crippen LogP) is 2.77. The van der Waals surface area contributed by atoms with E-state index in [0.717, 1.165) is 31.2 Å². The Kier molecular flexibility index (Phi) is 6.46. The van der Waals surface area contributed by atoms with Crippen molar-refractivity contribution in [3.63, 3.8) is 0 Å². The van der Waals surface area contributed by atoms with Crippen molar-refractivity contribution in [2.45, 2.75) is 19.9 Å². The van der Waals surface area contributed by atoms with Gasteiger partial charge in [0.05, 0.1) is 0 Å². The smallest absolute Gasteiger partial charge is 0.0451 e. The molecule has 0 aliphatic carbocycles. The van der Waals surface area contributed by atoms with Gasteiger partial charge in [0, 0.05) is 24.7 Å². The number of hydrogen-bond donors (Lipinski definition) is 1. The summed E-state index contributed by atoms with van der Waals surface area (Å²) in [5.41, 5.74) is 1.22. The van der Waals surface area contributed by atoms with Crippen LogP contribution in [0.4, 0.5) is 0 Å². The highest BCUT2D eigenvalue weighted by Crippen LogP contribution is 2.16. The number of nitrogens with zero attached hydrogens (tertiary/aromatic N) is 1. The third-order valence-electron chi connectivity index (χ3n) is 2.57. The fraction of sp³-hybridized carbons (Fsp3) is 0.538. The Morgan fingerprint density at radius 2 is 2.00 bits per heavy atom. The Labute approximate surface area is 104 Å². The summed E-state index contributed by atoms with van der Waals surface area (Å²) in [5.74, 6) is 0. The second kappa shape index (κ2) is 7.66. The molecule has 0 aliphatic rings. The molecule has 1 aromatic rings. The molecule has 0 bridgehead atoms. The Balaban J connectivity index is 2.56. The molecule has 0 atom stereocenters. The van der Waals surface area contributed by atoms with Crippen LogP contribution in [-0.2, 0) is 6.54 Å². The Morgan fingerprint density at radius 1 is 1.25 bits per heavy atom. The summed E-state index contributed by atoms with van der Waals surface area (Å²) in [6.07, 6.45) is 1.17. The van der Waals surface area contributed by atoms with Crippen LogP contribution in [0, 0.1) is 0 Å². The lowest BCUT2D eigenvalue weighted by molar-refractivity contribution is 0.268. The molecule has 1 rings (SSSR count). The first-order chi connectivity index (χ1) is 7.77. The first-order valence-electron chi connectivity index (χ1n) is 5.88. The van der Waals surface area contributed by atoms with E-state index < -0.39 is 0 Å². The Morgan fingerprint density at radius 3 is 2.62 bits per heavy atom. The van der Waals surface area contributed by atoms with E-state index >= 15 is 0 Å². The van der Waals surface area contributed by atoms with Crippen LogP contribution in [0.5, 0.6) is 0 Å². The SMILES string of the molecule is CCCN(CCNC)Cc1ccccc1Cl. The van der Waals surface area contributed by atoms with Crippen LogP contribution < -0.4 is 5.32 Å². The van der Waals surface area contributed by atoms with Crippen molar-refractivity contribution in [3.05, 3.63) is 34.9 Å². The van der Waals surface area contributed by atoms with Gasteiger partial charge in [-0.1, -0.05) is 36.7 Å². The lowest BCUT2D eigenvalue weighted by Crippen LogP contribution is -2.31. The van der Waals surface area contributed by atoms with E-state index in [4.69, 9.17) is 11.6 Å². The maximum atomic E-state index is 6.16. The minimum atomic E-state index is 0.869. The van der Waals surface area contributed by atoms with E-state index in [9.17, 15) is 0 Å². The number of rotatable bonds is 7. The summed E-state index contributed by atoms with van der Waals surface area (Å²) < 4.78 is 0. The molecule has 1 aromatic carbocycles. The topological polar surface area (TPSA) is 15.3 Å². The van der Waals surface area contributed by atoms with E-state index in [1.54, 1.807) is 0 Å². The molecule has 16 heavy (non-hydrogen) atoms. The number of halogens is 1. The van der Waals surface area contributed by atoms with Crippen LogP contribution in [0.1, 0.15) is 18.9 Å². The largest absolute Gasteiger partial charge is 0.318 e. The van der Waals surface area contributed by atoms with E-state index in [0.29, 0.717) is 0 Å². The standard InChI is InChI=1S/C13H21ClN2/c1-3-9-16(10-8-15-2)11-12-6-4-5-7-13(12)14/h4-7,15H,3,8-11H2,1-2H3. The molecule has 0 radical (unpaired) electrons. The van der Waals surface area contributed by atoms with Gasteiger partial charge in [-0.3, -0.25) is 4.90 Å². The van der Waals surface area contributed by atoms with Gasteiger partial charge in [0.1, 0.15) is 0 Å². The monoisotopic (exact) mass is 240 g/mol. The summed E-state index contributed by atoms with van der Waals surface area (Å²) >= 11 is 6.16. The van der Waals surface area contributed by atoms with Crippen LogP contribution >= 0.6 is 11.6 Å². The highest BCUT2D eigenvalue weighted by Gasteiger charge is 2.06. The van der Waals surface area contributed by atoms with Gasteiger partial charge in [-0.25, -0.2) is 0 Å². The third kappa shape index (κ3) is 4.52. The molecule has 0 aliphatic heterocycles. The average Bonchev–Trinajstić information content (AvgIpc) is 2.29. The zero-order valence-electron chi connectivity index (χ0n) is 10.2. The summed E-state index contributed by atoms with van der Waals surface area (Å²) in [7, 11) is 1.99. The summed E-state index contributed by atoms with van der Waals surface area (Å²) in [6, 6.07) is 8.08. The van der Waals surface area contributed by atoms with E-state index in [2.05, 4.69) is 23.2 Å². The van der Waals surface area contributed by atoms with Crippen LogP contribution in [0.25, 0.3) is 0 Å². The molecular weight excluding hydrogens is 220 g/mol. The third-order valence-corrected chi connectivity index (χ3v) is 2.94. The van der Waals surface area contributed by atoms with Crippen LogP contribution in [0.3, 0.4) is 0 Å². The highest BCUT2D eigenvalue weighted by molar-refractivity contribution is 6.31. The maximum Gasteiger partial charge on any atom is 0.0451 e. The Hall–Kier alpha value is -0.570. The van der Waals surface area contributed by atoms with Crippen molar-refractivity contribution in [2.24, 2.45) is 0 Å². The van der Waals surface area contributed by atoms with Gasteiger partial charge < -0.3 is 5.32 Å². The van der Waals surface area contributed by atoms with Gasteiger partial charge >= 0.3 is 0 Å². The molecule has 0 fully saturated rings. The molecule has 2 nitrogen and oxygen atoms in total. The second-order valence-electron chi connectivity index (χ2n) is 3.97.